The number of rotatable bonds is 1. The number of aromatic carboxylic acids is 1. The van der Waals surface area contributed by atoms with Gasteiger partial charge in [0.05, 0.1) is 0 Å². The topological polar surface area (TPSA) is 67.5 Å². The molecule has 0 atom stereocenters. The number of pyridine rings is 1. The van der Waals surface area contributed by atoms with Crippen LogP contribution in [0.1, 0.15) is 10.4 Å². The van der Waals surface area contributed by atoms with E-state index < -0.39 is 5.97 Å². The summed E-state index contributed by atoms with van der Waals surface area (Å²) in [6.45, 7) is 0. The van der Waals surface area contributed by atoms with Gasteiger partial charge < -0.3 is 5.11 Å². The van der Waals surface area contributed by atoms with E-state index in [0.717, 1.165) is 0 Å². The van der Waals surface area contributed by atoms with Gasteiger partial charge in [0.15, 0.2) is 5.65 Å². The molecule has 0 bridgehead atoms. The molecule has 0 aliphatic carbocycles. The maximum atomic E-state index is 10.8. The van der Waals surface area contributed by atoms with Crippen LogP contribution >= 0.6 is 27.5 Å². The number of carboxylic acid groups (broad SMARTS) is 1. The van der Waals surface area contributed by atoms with Crippen molar-refractivity contribution in [2.75, 3.05) is 0 Å². The lowest BCUT2D eigenvalue weighted by atomic mass is 10.3. The lowest BCUT2D eigenvalue weighted by molar-refractivity contribution is 0.0698. The molecule has 72 valence electrons. The van der Waals surface area contributed by atoms with E-state index >= 15 is 0 Å². The molecule has 2 aromatic rings. The molecule has 0 saturated heterocycles. The Balaban J connectivity index is 2.85. The maximum absolute atomic E-state index is 10.8. The molecule has 2 aromatic heterocycles. The highest BCUT2D eigenvalue weighted by molar-refractivity contribution is 9.10. The predicted octanol–water partition coefficient (Wildman–Crippen LogP) is 1.84. The van der Waals surface area contributed by atoms with Crippen molar-refractivity contribution < 1.29 is 9.90 Å². The molecule has 0 aliphatic heterocycles. The van der Waals surface area contributed by atoms with E-state index in [-0.39, 0.29) is 16.5 Å². The van der Waals surface area contributed by atoms with Crippen molar-refractivity contribution in [1.29, 1.82) is 0 Å². The Bertz CT molecular complexity index is 525. The van der Waals surface area contributed by atoms with E-state index in [0.29, 0.717) is 4.47 Å². The van der Waals surface area contributed by atoms with Gasteiger partial charge in [-0.25, -0.2) is 9.31 Å². The fourth-order valence-electron chi connectivity index (χ4n) is 1.08. The molecule has 0 aromatic carbocycles. The zero-order valence-corrected chi connectivity index (χ0v) is 8.95. The van der Waals surface area contributed by atoms with Crippen molar-refractivity contribution in [2.45, 2.75) is 0 Å². The average Bonchev–Trinajstić information content (AvgIpc) is 2.42. The Labute approximate surface area is 91.4 Å². The lowest BCUT2D eigenvalue weighted by Gasteiger charge is -1.97. The minimum Gasteiger partial charge on any atom is -0.478 e. The highest BCUT2D eigenvalue weighted by Crippen LogP contribution is 2.17. The van der Waals surface area contributed by atoms with E-state index in [2.05, 4.69) is 26.0 Å². The monoisotopic (exact) mass is 275 g/mol. The van der Waals surface area contributed by atoms with Crippen molar-refractivity contribution in [1.82, 2.24) is 14.6 Å². The van der Waals surface area contributed by atoms with E-state index in [9.17, 15) is 4.79 Å². The van der Waals surface area contributed by atoms with E-state index in [1.165, 1.54) is 10.6 Å². The number of carbonyl (C=O) groups is 1. The van der Waals surface area contributed by atoms with Crippen LogP contribution in [0.15, 0.2) is 16.7 Å². The van der Waals surface area contributed by atoms with Gasteiger partial charge in [0.25, 0.3) is 0 Å². The first-order valence-corrected chi connectivity index (χ1v) is 4.70. The summed E-state index contributed by atoms with van der Waals surface area (Å²) in [6.07, 6.45) is 1.58. The summed E-state index contributed by atoms with van der Waals surface area (Å²) in [7, 11) is 0. The Morgan fingerprint density at radius 3 is 3.00 bits per heavy atom. The highest BCUT2D eigenvalue weighted by Gasteiger charge is 2.13. The molecule has 0 aliphatic rings. The second-order valence-corrected chi connectivity index (χ2v) is 3.78. The van der Waals surface area contributed by atoms with Crippen LogP contribution in [0.3, 0.4) is 0 Å². The summed E-state index contributed by atoms with van der Waals surface area (Å²) in [5.41, 5.74) is 0.282. The molecule has 0 amide bonds. The first kappa shape index (κ1) is 9.42. The molecule has 1 N–H and O–H groups in total. The number of nitrogens with zero attached hydrogens (tertiary/aromatic N) is 3. The van der Waals surface area contributed by atoms with Crippen molar-refractivity contribution in [3.63, 3.8) is 0 Å². The molecule has 0 fully saturated rings. The number of hydrogen-bond acceptors (Lipinski definition) is 3. The van der Waals surface area contributed by atoms with Gasteiger partial charge in [-0.05, 0) is 33.6 Å². The molecule has 5 nitrogen and oxygen atoms in total. The van der Waals surface area contributed by atoms with Crippen LogP contribution in [-0.4, -0.2) is 25.7 Å². The molecule has 14 heavy (non-hydrogen) atoms. The summed E-state index contributed by atoms with van der Waals surface area (Å²) in [5, 5.41) is 12.7. The van der Waals surface area contributed by atoms with Gasteiger partial charge in [0.1, 0.15) is 5.56 Å². The molecular formula is C7H3BrClN3O2. The Morgan fingerprint density at radius 1 is 1.64 bits per heavy atom. The molecule has 0 saturated carbocycles. The second-order valence-electron chi connectivity index (χ2n) is 2.53. The molecule has 0 unspecified atom stereocenters. The van der Waals surface area contributed by atoms with E-state index in [4.69, 9.17) is 16.7 Å². The van der Waals surface area contributed by atoms with Crippen LogP contribution in [-0.2, 0) is 0 Å². The second kappa shape index (κ2) is 3.21. The minimum absolute atomic E-state index is 0.0191. The minimum atomic E-state index is -1.07. The Morgan fingerprint density at radius 2 is 2.36 bits per heavy atom. The van der Waals surface area contributed by atoms with Gasteiger partial charge >= 0.3 is 5.97 Å². The van der Waals surface area contributed by atoms with Gasteiger partial charge in [-0.1, -0.05) is 0 Å². The van der Waals surface area contributed by atoms with Gasteiger partial charge in [-0.15, -0.1) is 5.10 Å². The van der Waals surface area contributed by atoms with Gasteiger partial charge in [-0.2, -0.15) is 4.98 Å². The number of halogens is 2. The normalized spacial score (nSPS) is 10.7. The van der Waals surface area contributed by atoms with E-state index in [1.807, 2.05) is 0 Å². The van der Waals surface area contributed by atoms with E-state index in [1.54, 1.807) is 6.20 Å². The van der Waals surface area contributed by atoms with Crippen molar-refractivity contribution >= 4 is 39.1 Å². The van der Waals surface area contributed by atoms with Crippen LogP contribution in [0.2, 0.25) is 5.28 Å². The summed E-state index contributed by atoms with van der Waals surface area (Å²) >= 11 is 8.73. The number of fused-ring (bicyclic) bond motifs is 1. The third kappa shape index (κ3) is 1.46. The molecular weight excluding hydrogens is 273 g/mol. The third-order valence-electron chi connectivity index (χ3n) is 1.60. The lowest BCUT2D eigenvalue weighted by Crippen LogP contribution is -2.01. The van der Waals surface area contributed by atoms with Crippen LogP contribution in [0.5, 0.6) is 0 Å². The standard InChI is InChI=1S/C7H3BrClN3O2/c8-3-1-4(6(13)14)5-10-7(9)11-12(5)2-3/h1-2H,(H,13,14). The number of hydrogen-bond donors (Lipinski definition) is 1. The van der Waals surface area contributed by atoms with Crippen molar-refractivity contribution in [3.05, 3.63) is 27.6 Å². The average molecular weight is 276 g/mol. The molecule has 2 heterocycles. The smallest absolute Gasteiger partial charge is 0.339 e. The zero-order chi connectivity index (χ0) is 10.3. The summed E-state index contributed by atoms with van der Waals surface area (Å²) in [5.74, 6) is -1.07. The largest absolute Gasteiger partial charge is 0.478 e. The molecule has 7 heteroatoms. The fourth-order valence-corrected chi connectivity index (χ4v) is 1.67. The number of aromatic nitrogens is 3. The number of carboxylic acids is 1. The summed E-state index contributed by atoms with van der Waals surface area (Å²) in [6, 6.07) is 1.45. The summed E-state index contributed by atoms with van der Waals surface area (Å²) < 4.78 is 1.92. The van der Waals surface area contributed by atoms with Crippen molar-refractivity contribution in [2.24, 2.45) is 0 Å². The summed E-state index contributed by atoms with van der Waals surface area (Å²) in [4.78, 5) is 14.6. The van der Waals surface area contributed by atoms with Gasteiger partial charge in [0, 0.05) is 10.7 Å². The third-order valence-corrected chi connectivity index (χ3v) is 2.20. The highest BCUT2D eigenvalue weighted by atomic mass is 79.9. The van der Waals surface area contributed by atoms with Crippen LogP contribution in [0.4, 0.5) is 0 Å². The Kier molecular flexibility index (Phi) is 2.16. The predicted molar refractivity (Wildman–Crippen MR) is 52.7 cm³/mol. The first-order chi connectivity index (χ1) is 6.58. The molecule has 0 radical (unpaired) electrons. The fraction of sp³-hybridized carbons (Fsp3) is 0. The van der Waals surface area contributed by atoms with Gasteiger partial charge in [0.2, 0.25) is 5.28 Å². The van der Waals surface area contributed by atoms with Crippen LogP contribution in [0, 0.1) is 0 Å². The zero-order valence-electron chi connectivity index (χ0n) is 6.61. The Hall–Kier alpha value is -1.14. The SMILES string of the molecule is O=C(O)c1cc(Br)cn2nc(Cl)nc12. The maximum Gasteiger partial charge on any atom is 0.339 e. The van der Waals surface area contributed by atoms with Crippen LogP contribution in [0.25, 0.3) is 5.65 Å². The molecule has 0 spiro atoms. The quantitative estimate of drug-likeness (QED) is 0.863. The molecule has 2 rings (SSSR count). The van der Waals surface area contributed by atoms with Crippen molar-refractivity contribution in [3.8, 4) is 0 Å². The van der Waals surface area contributed by atoms with Crippen LogP contribution < -0.4 is 0 Å². The van der Waals surface area contributed by atoms with Gasteiger partial charge in [-0.3, -0.25) is 0 Å². The first-order valence-electron chi connectivity index (χ1n) is 3.52.